The zero-order chi connectivity index (χ0) is 19.3. The van der Waals surface area contributed by atoms with E-state index in [0.717, 1.165) is 45.9 Å². The number of hydrogen-bond donors (Lipinski definition) is 0. The van der Waals surface area contributed by atoms with Crippen molar-refractivity contribution >= 4 is 16.9 Å². The van der Waals surface area contributed by atoms with E-state index in [1.807, 2.05) is 38.1 Å². The summed E-state index contributed by atoms with van der Waals surface area (Å²) in [5.41, 5.74) is 5.02. The van der Waals surface area contributed by atoms with E-state index >= 15 is 0 Å². The Hall–Kier alpha value is -2.83. The Morgan fingerprint density at radius 1 is 1.22 bits per heavy atom. The highest BCUT2D eigenvalue weighted by Gasteiger charge is 2.28. The number of aromatic nitrogens is 5. The molecule has 1 aliphatic heterocycles. The van der Waals surface area contributed by atoms with E-state index in [4.69, 9.17) is 0 Å². The Labute approximate surface area is 158 Å². The minimum atomic E-state index is -0.00925. The monoisotopic (exact) mass is 364 g/mol. The van der Waals surface area contributed by atoms with E-state index in [0.29, 0.717) is 24.6 Å². The molecule has 0 saturated heterocycles. The number of rotatable bonds is 3. The fourth-order valence-electron chi connectivity index (χ4n) is 3.71. The van der Waals surface area contributed by atoms with Crippen LogP contribution < -0.4 is 0 Å². The number of hydrogen-bond acceptors (Lipinski definition) is 5. The molecule has 0 atom stereocenters. The number of nitrogens with zero attached hydrogens (tertiary/aromatic N) is 6. The predicted molar refractivity (Wildman–Crippen MR) is 102 cm³/mol. The SMILES string of the molecule is Cc1cc(C(=O)N2Cc3cnc(CC(C)C)nc3C2)c2c(C)nn(C)c2n1. The maximum atomic E-state index is 13.3. The number of carbonyl (C=O) groups excluding carboxylic acids is 1. The van der Waals surface area contributed by atoms with Gasteiger partial charge in [-0.3, -0.25) is 9.48 Å². The predicted octanol–water partition coefficient (Wildman–Crippen LogP) is 2.73. The van der Waals surface area contributed by atoms with Crippen LogP contribution >= 0.6 is 0 Å². The summed E-state index contributed by atoms with van der Waals surface area (Å²) >= 11 is 0. The second-order valence-electron chi connectivity index (χ2n) is 7.74. The second kappa shape index (κ2) is 6.40. The van der Waals surface area contributed by atoms with Crippen molar-refractivity contribution in [3.05, 3.63) is 46.3 Å². The highest BCUT2D eigenvalue weighted by molar-refractivity contribution is 6.06. The lowest BCUT2D eigenvalue weighted by Gasteiger charge is -2.16. The first-order valence-corrected chi connectivity index (χ1v) is 9.27. The Morgan fingerprint density at radius 3 is 2.74 bits per heavy atom. The summed E-state index contributed by atoms with van der Waals surface area (Å²) < 4.78 is 1.73. The van der Waals surface area contributed by atoms with Crippen molar-refractivity contribution in [3.63, 3.8) is 0 Å². The lowest BCUT2D eigenvalue weighted by molar-refractivity contribution is 0.0752. The Morgan fingerprint density at radius 2 is 2.00 bits per heavy atom. The van der Waals surface area contributed by atoms with Crippen LogP contribution in [0.2, 0.25) is 0 Å². The van der Waals surface area contributed by atoms with E-state index in [9.17, 15) is 4.79 Å². The van der Waals surface area contributed by atoms with Crippen molar-refractivity contribution in [2.45, 2.75) is 47.2 Å². The molecule has 0 aromatic carbocycles. The van der Waals surface area contributed by atoms with Crippen molar-refractivity contribution in [2.24, 2.45) is 13.0 Å². The van der Waals surface area contributed by atoms with Gasteiger partial charge in [0.05, 0.1) is 28.9 Å². The van der Waals surface area contributed by atoms with Gasteiger partial charge in [0.1, 0.15) is 5.82 Å². The molecule has 0 radical (unpaired) electrons. The molecule has 0 fully saturated rings. The van der Waals surface area contributed by atoms with Crippen LogP contribution in [-0.2, 0) is 26.6 Å². The van der Waals surface area contributed by atoms with Gasteiger partial charge in [-0.15, -0.1) is 0 Å². The van der Waals surface area contributed by atoms with Crippen LogP contribution in [0.4, 0.5) is 0 Å². The molecule has 3 aromatic heterocycles. The van der Waals surface area contributed by atoms with Gasteiger partial charge in [0.25, 0.3) is 5.91 Å². The first-order valence-electron chi connectivity index (χ1n) is 9.27. The summed E-state index contributed by atoms with van der Waals surface area (Å²) in [5, 5.41) is 5.27. The number of fused-ring (bicyclic) bond motifs is 2. The molecule has 0 saturated carbocycles. The molecule has 0 unspecified atom stereocenters. The molecular formula is C20H24N6O. The van der Waals surface area contributed by atoms with Crippen LogP contribution in [0.25, 0.3) is 11.0 Å². The van der Waals surface area contributed by atoms with Gasteiger partial charge in [0.15, 0.2) is 5.65 Å². The van der Waals surface area contributed by atoms with Crippen LogP contribution in [0.15, 0.2) is 12.3 Å². The van der Waals surface area contributed by atoms with Gasteiger partial charge in [-0.25, -0.2) is 15.0 Å². The third kappa shape index (κ3) is 3.07. The lowest BCUT2D eigenvalue weighted by Crippen LogP contribution is -2.26. The van der Waals surface area contributed by atoms with Gasteiger partial charge in [-0.1, -0.05) is 13.8 Å². The van der Waals surface area contributed by atoms with Crippen molar-refractivity contribution in [3.8, 4) is 0 Å². The van der Waals surface area contributed by atoms with Gasteiger partial charge < -0.3 is 4.90 Å². The first-order chi connectivity index (χ1) is 12.8. The molecule has 0 aliphatic carbocycles. The maximum Gasteiger partial charge on any atom is 0.255 e. The molecule has 140 valence electrons. The maximum absolute atomic E-state index is 13.3. The Kier molecular flexibility index (Phi) is 4.17. The summed E-state index contributed by atoms with van der Waals surface area (Å²) in [6.45, 7) is 9.18. The van der Waals surface area contributed by atoms with Crippen LogP contribution in [0, 0.1) is 19.8 Å². The van der Waals surface area contributed by atoms with Crippen LogP contribution in [0.3, 0.4) is 0 Å². The van der Waals surface area contributed by atoms with Crippen molar-refractivity contribution < 1.29 is 4.79 Å². The van der Waals surface area contributed by atoms with Crippen molar-refractivity contribution in [2.75, 3.05) is 0 Å². The third-order valence-corrected chi connectivity index (χ3v) is 4.91. The van der Waals surface area contributed by atoms with E-state index in [1.54, 1.807) is 4.68 Å². The van der Waals surface area contributed by atoms with Crippen LogP contribution in [0.5, 0.6) is 0 Å². The summed E-state index contributed by atoms with van der Waals surface area (Å²) in [7, 11) is 1.85. The molecule has 1 aliphatic rings. The molecule has 0 spiro atoms. The summed E-state index contributed by atoms with van der Waals surface area (Å²) in [6, 6.07) is 1.86. The average Bonchev–Trinajstić information content (AvgIpc) is 3.14. The van der Waals surface area contributed by atoms with Crippen LogP contribution in [-0.4, -0.2) is 35.5 Å². The van der Waals surface area contributed by atoms with Gasteiger partial charge >= 0.3 is 0 Å². The van der Waals surface area contributed by atoms with Gasteiger partial charge in [0.2, 0.25) is 0 Å². The molecule has 0 N–H and O–H groups in total. The average molecular weight is 364 g/mol. The molecule has 4 heterocycles. The number of aryl methyl sites for hydroxylation is 3. The fraction of sp³-hybridized carbons (Fsp3) is 0.450. The van der Waals surface area contributed by atoms with E-state index < -0.39 is 0 Å². The zero-order valence-electron chi connectivity index (χ0n) is 16.4. The quantitative estimate of drug-likeness (QED) is 0.714. The molecule has 4 rings (SSSR count). The normalized spacial score (nSPS) is 13.6. The van der Waals surface area contributed by atoms with E-state index in [1.165, 1.54) is 0 Å². The topological polar surface area (TPSA) is 76.8 Å². The second-order valence-corrected chi connectivity index (χ2v) is 7.74. The molecule has 3 aromatic rings. The largest absolute Gasteiger partial charge is 0.328 e. The van der Waals surface area contributed by atoms with Gasteiger partial charge in [-0.2, -0.15) is 5.10 Å². The molecular weight excluding hydrogens is 340 g/mol. The molecule has 7 heteroatoms. The van der Waals surface area contributed by atoms with Gasteiger partial charge in [0, 0.05) is 37.5 Å². The van der Waals surface area contributed by atoms with Crippen molar-refractivity contribution in [1.29, 1.82) is 0 Å². The molecule has 7 nitrogen and oxygen atoms in total. The highest BCUT2D eigenvalue weighted by Crippen LogP contribution is 2.27. The third-order valence-electron chi connectivity index (χ3n) is 4.91. The fourth-order valence-corrected chi connectivity index (χ4v) is 3.71. The molecule has 0 bridgehead atoms. The standard InChI is InChI=1S/C20H24N6O/c1-11(2)6-17-21-8-14-9-26(10-16(14)23-17)20(27)15-7-12(3)22-19-18(15)13(4)24-25(19)5/h7-8,11H,6,9-10H2,1-5H3. The number of amides is 1. The highest BCUT2D eigenvalue weighted by atomic mass is 16.2. The van der Waals surface area contributed by atoms with Crippen LogP contribution in [0.1, 0.15) is 52.7 Å². The Balaban J connectivity index is 1.67. The molecule has 27 heavy (non-hydrogen) atoms. The minimum Gasteiger partial charge on any atom is -0.328 e. The Bertz CT molecular complexity index is 1050. The first kappa shape index (κ1) is 17.6. The summed E-state index contributed by atoms with van der Waals surface area (Å²) in [4.78, 5) is 28.9. The number of carbonyl (C=O) groups is 1. The smallest absolute Gasteiger partial charge is 0.255 e. The van der Waals surface area contributed by atoms with E-state index in [-0.39, 0.29) is 5.91 Å². The van der Waals surface area contributed by atoms with Gasteiger partial charge in [-0.05, 0) is 25.8 Å². The van der Waals surface area contributed by atoms with Crippen molar-refractivity contribution in [1.82, 2.24) is 29.6 Å². The summed E-state index contributed by atoms with van der Waals surface area (Å²) in [6.07, 6.45) is 2.72. The minimum absolute atomic E-state index is 0.00925. The zero-order valence-corrected chi connectivity index (χ0v) is 16.4. The summed E-state index contributed by atoms with van der Waals surface area (Å²) in [5.74, 6) is 1.34. The molecule has 1 amide bonds. The number of pyridine rings is 1. The van der Waals surface area contributed by atoms with E-state index in [2.05, 4.69) is 33.9 Å². The lowest BCUT2D eigenvalue weighted by atomic mass is 10.1.